The first-order valence-electron chi connectivity index (χ1n) is 8.56. The van der Waals surface area contributed by atoms with Crippen molar-refractivity contribution < 1.29 is 4.79 Å². The summed E-state index contributed by atoms with van der Waals surface area (Å²) in [6.07, 6.45) is 7.86. The molecule has 2 aromatic rings. The van der Waals surface area contributed by atoms with Crippen molar-refractivity contribution in [3.63, 3.8) is 0 Å². The zero-order valence-corrected chi connectivity index (χ0v) is 15.4. The highest BCUT2D eigenvalue weighted by Gasteiger charge is 2.32. The lowest BCUT2D eigenvalue weighted by Gasteiger charge is -2.35. The number of amides is 1. The molecular formula is C18H26ClN5O. The molecule has 0 saturated heterocycles. The third kappa shape index (κ3) is 4.58. The van der Waals surface area contributed by atoms with Gasteiger partial charge in [0.2, 0.25) is 5.91 Å². The van der Waals surface area contributed by atoms with Gasteiger partial charge in [-0.15, -0.1) is 22.6 Å². The van der Waals surface area contributed by atoms with Crippen LogP contribution in [0.2, 0.25) is 0 Å². The van der Waals surface area contributed by atoms with E-state index in [1.807, 2.05) is 35.9 Å². The maximum atomic E-state index is 12.5. The van der Waals surface area contributed by atoms with Crippen molar-refractivity contribution in [3.05, 3.63) is 30.6 Å². The number of carbonyl (C=O) groups excluding carboxylic acids is 1. The lowest BCUT2D eigenvalue weighted by atomic mass is 9.71. The lowest BCUT2D eigenvalue weighted by Crippen LogP contribution is -2.36. The number of hydrogen-bond donors (Lipinski definition) is 2. The highest BCUT2D eigenvalue weighted by Crippen LogP contribution is 2.38. The average molecular weight is 364 g/mol. The van der Waals surface area contributed by atoms with Crippen LogP contribution in [0, 0.1) is 5.41 Å². The van der Waals surface area contributed by atoms with Crippen LogP contribution < -0.4 is 11.1 Å². The quantitative estimate of drug-likeness (QED) is 0.854. The van der Waals surface area contributed by atoms with E-state index in [2.05, 4.69) is 15.5 Å². The molecule has 0 aliphatic heterocycles. The van der Waals surface area contributed by atoms with Crippen LogP contribution in [0.25, 0.3) is 11.4 Å². The summed E-state index contributed by atoms with van der Waals surface area (Å²) in [5, 5.41) is 11.0. The van der Waals surface area contributed by atoms with Crippen LogP contribution in [-0.4, -0.2) is 27.2 Å². The molecule has 1 aromatic carbocycles. The summed E-state index contributed by atoms with van der Waals surface area (Å²) in [6.45, 7) is 0.583. The molecule has 1 fully saturated rings. The molecule has 3 rings (SSSR count). The van der Waals surface area contributed by atoms with Gasteiger partial charge >= 0.3 is 0 Å². The van der Waals surface area contributed by atoms with Crippen LogP contribution in [0.5, 0.6) is 0 Å². The highest BCUT2D eigenvalue weighted by atomic mass is 35.5. The standard InChI is InChI=1S/C18H25N5O.ClH/c1-23-13-20-22-17(23)14-6-5-7-15(10-14)21-16(24)11-18(12-19)8-3-2-4-9-18;/h5-7,10,13H,2-4,8-9,11-12,19H2,1H3,(H,21,24);1H. The van der Waals surface area contributed by atoms with Gasteiger partial charge < -0.3 is 15.6 Å². The Labute approximate surface area is 154 Å². The second-order valence-corrected chi connectivity index (χ2v) is 6.84. The second kappa shape index (κ2) is 8.45. The number of nitrogens with two attached hydrogens (primary N) is 1. The minimum absolute atomic E-state index is 0. The number of aryl methyl sites for hydroxylation is 1. The predicted molar refractivity (Wildman–Crippen MR) is 102 cm³/mol. The van der Waals surface area contributed by atoms with Crippen molar-refractivity contribution >= 4 is 24.0 Å². The van der Waals surface area contributed by atoms with Crippen molar-refractivity contribution in [3.8, 4) is 11.4 Å². The number of nitrogens with one attached hydrogen (secondary N) is 1. The van der Waals surface area contributed by atoms with E-state index in [9.17, 15) is 4.79 Å². The van der Waals surface area contributed by atoms with Crippen molar-refractivity contribution in [1.82, 2.24) is 14.8 Å². The van der Waals surface area contributed by atoms with Crippen LogP contribution in [0.4, 0.5) is 5.69 Å². The Morgan fingerprint density at radius 3 is 2.72 bits per heavy atom. The van der Waals surface area contributed by atoms with E-state index in [1.54, 1.807) is 6.33 Å². The SMILES string of the molecule is Cl.Cn1cnnc1-c1cccc(NC(=O)CC2(CN)CCCCC2)c1. The van der Waals surface area contributed by atoms with Gasteiger partial charge in [-0.3, -0.25) is 4.79 Å². The fraction of sp³-hybridized carbons (Fsp3) is 0.500. The van der Waals surface area contributed by atoms with E-state index in [-0.39, 0.29) is 23.7 Å². The van der Waals surface area contributed by atoms with Crippen LogP contribution in [0.15, 0.2) is 30.6 Å². The van der Waals surface area contributed by atoms with E-state index in [0.717, 1.165) is 29.9 Å². The molecule has 136 valence electrons. The van der Waals surface area contributed by atoms with Crippen LogP contribution in [0.1, 0.15) is 38.5 Å². The molecule has 3 N–H and O–H groups in total. The van der Waals surface area contributed by atoms with Gasteiger partial charge in [-0.05, 0) is 36.9 Å². The van der Waals surface area contributed by atoms with E-state index in [1.165, 1.54) is 19.3 Å². The molecule has 0 radical (unpaired) electrons. The molecule has 0 atom stereocenters. The van der Waals surface area contributed by atoms with Crippen molar-refractivity contribution in [1.29, 1.82) is 0 Å². The van der Waals surface area contributed by atoms with E-state index >= 15 is 0 Å². The summed E-state index contributed by atoms with van der Waals surface area (Å²) < 4.78 is 1.85. The summed E-state index contributed by atoms with van der Waals surface area (Å²) in [6, 6.07) is 7.70. The van der Waals surface area contributed by atoms with Gasteiger partial charge in [-0.2, -0.15) is 0 Å². The molecule has 25 heavy (non-hydrogen) atoms. The first kappa shape index (κ1) is 19.4. The number of benzene rings is 1. The molecule has 0 unspecified atom stereocenters. The molecule has 1 saturated carbocycles. The van der Waals surface area contributed by atoms with Crippen molar-refractivity contribution in [2.45, 2.75) is 38.5 Å². The van der Waals surface area contributed by atoms with Crippen LogP contribution in [-0.2, 0) is 11.8 Å². The maximum absolute atomic E-state index is 12.5. The zero-order valence-electron chi connectivity index (χ0n) is 14.6. The number of aromatic nitrogens is 3. The third-order valence-corrected chi connectivity index (χ3v) is 5.00. The molecule has 6 nitrogen and oxygen atoms in total. The fourth-order valence-electron chi connectivity index (χ4n) is 3.58. The summed E-state index contributed by atoms with van der Waals surface area (Å²) >= 11 is 0. The van der Waals surface area contributed by atoms with E-state index in [0.29, 0.717) is 13.0 Å². The van der Waals surface area contributed by atoms with E-state index < -0.39 is 0 Å². The normalized spacial score (nSPS) is 16.1. The first-order valence-corrected chi connectivity index (χ1v) is 8.56. The zero-order chi connectivity index (χ0) is 17.0. The van der Waals surface area contributed by atoms with Gasteiger partial charge in [0.1, 0.15) is 6.33 Å². The Balaban J connectivity index is 0.00000225. The number of carbonyl (C=O) groups is 1. The first-order chi connectivity index (χ1) is 11.6. The largest absolute Gasteiger partial charge is 0.330 e. The van der Waals surface area contributed by atoms with Gasteiger partial charge in [-0.1, -0.05) is 31.4 Å². The molecule has 7 heteroatoms. The van der Waals surface area contributed by atoms with Gasteiger partial charge in [0.25, 0.3) is 0 Å². The minimum Gasteiger partial charge on any atom is -0.330 e. The number of rotatable bonds is 5. The van der Waals surface area contributed by atoms with Gasteiger partial charge in [-0.25, -0.2) is 0 Å². The van der Waals surface area contributed by atoms with Crippen molar-refractivity contribution in [2.24, 2.45) is 18.2 Å². The Bertz CT molecular complexity index is 709. The van der Waals surface area contributed by atoms with Crippen LogP contribution >= 0.6 is 12.4 Å². The topological polar surface area (TPSA) is 85.8 Å². The van der Waals surface area contributed by atoms with E-state index in [4.69, 9.17) is 5.73 Å². The second-order valence-electron chi connectivity index (χ2n) is 6.84. The summed E-state index contributed by atoms with van der Waals surface area (Å²) in [7, 11) is 1.90. The molecule has 1 aromatic heterocycles. The Morgan fingerprint density at radius 1 is 1.32 bits per heavy atom. The van der Waals surface area contributed by atoms with Crippen LogP contribution in [0.3, 0.4) is 0 Å². The average Bonchev–Trinajstić information content (AvgIpc) is 3.02. The molecular weight excluding hydrogens is 338 g/mol. The monoisotopic (exact) mass is 363 g/mol. The molecule has 1 amide bonds. The molecule has 0 bridgehead atoms. The number of anilines is 1. The summed E-state index contributed by atoms with van der Waals surface area (Å²) in [5.74, 6) is 0.814. The fourth-order valence-corrected chi connectivity index (χ4v) is 3.58. The number of nitrogens with zero attached hydrogens (tertiary/aromatic N) is 3. The van der Waals surface area contributed by atoms with Crippen molar-refractivity contribution in [2.75, 3.05) is 11.9 Å². The Kier molecular flexibility index (Phi) is 6.56. The van der Waals surface area contributed by atoms with Gasteiger partial charge in [0.15, 0.2) is 5.82 Å². The molecule has 1 aliphatic carbocycles. The summed E-state index contributed by atoms with van der Waals surface area (Å²) in [5.41, 5.74) is 7.67. The molecule has 0 spiro atoms. The molecule has 1 heterocycles. The summed E-state index contributed by atoms with van der Waals surface area (Å²) in [4.78, 5) is 12.5. The van der Waals surface area contributed by atoms with Gasteiger partial charge in [0.05, 0.1) is 0 Å². The number of hydrogen-bond acceptors (Lipinski definition) is 4. The third-order valence-electron chi connectivity index (χ3n) is 5.00. The minimum atomic E-state index is -0.0243. The lowest BCUT2D eigenvalue weighted by molar-refractivity contribution is -0.118. The van der Waals surface area contributed by atoms with Gasteiger partial charge in [0, 0.05) is 24.7 Å². The molecule has 1 aliphatic rings. The predicted octanol–water partition coefficient (Wildman–Crippen LogP) is 3.14. The maximum Gasteiger partial charge on any atom is 0.224 e. The number of halogens is 1. The Morgan fingerprint density at radius 2 is 2.08 bits per heavy atom. The Hall–Kier alpha value is -1.92. The smallest absolute Gasteiger partial charge is 0.224 e. The highest BCUT2D eigenvalue weighted by molar-refractivity contribution is 5.91.